The van der Waals surface area contributed by atoms with E-state index in [-0.39, 0.29) is 6.04 Å². The highest BCUT2D eigenvalue weighted by Gasteiger charge is 2.13. The quantitative estimate of drug-likeness (QED) is 0.651. The molecule has 2 rings (SSSR count). The molecule has 1 unspecified atom stereocenters. The molecule has 19 heavy (non-hydrogen) atoms. The van der Waals surface area contributed by atoms with Gasteiger partial charge >= 0.3 is 0 Å². The number of rotatable bonds is 4. The van der Waals surface area contributed by atoms with E-state index >= 15 is 0 Å². The Morgan fingerprint density at radius 1 is 1.16 bits per heavy atom. The standard InChI is InChI=1S/C15H19N3O/c1-10-8-12(6-7-14(10)19-3)15(18-16)13-5-4-11(2)17-9-13/h4-9,15,18H,16H2,1-3H3. The smallest absolute Gasteiger partial charge is 0.121 e. The monoisotopic (exact) mass is 257 g/mol. The predicted molar refractivity (Wildman–Crippen MR) is 75.9 cm³/mol. The number of hydrogen-bond donors (Lipinski definition) is 2. The summed E-state index contributed by atoms with van der Waals surface area (Å²) in [6.07, 6.45) is 1.85. The summed E-state index contributed by atoms with van der Waals surface area (Å²) in [6.45, 7) is 3.98. The normalized spacial score (nSPS) is 12.2. The molecule has 1 heterocycles. The van der Waals surface area contributed by atoms with E-state index in [2.05, 4.69) is 16.5 Å². The second-order valence-corrected chi connectivity index (χ2v) is 4.56. The third-order valence-electron chi connectivity index (χ3n) is 3.19. The van der Waals surface area contributed by atoms with Gasteiger partial charge in [-0.1, -0.05) is 18.2 Å². The first-order chi connectivity index (χ1) is 9.15. The summed E-state index contributed by atoms with van der Waals surface area (Å²) < 4.78 is 5.27. The molecule has 4 nitrogen and oxygen atoms in total. The highest BCUT2D eigenvalue weighted by atomic mass is 16.5. The first-order valence-electron chi connectivity index (χ1n) is 6.19. The van der Waals surface area contributed by atoms with Gasteiger partial charge in [-0.05, 0) is 42.7 Å². The third-order valence-corrected chi connectivity index (χ3v) is 3.19. The van der Waals surface area contributed by atoms with Crippen molar-refractivity contribution in [2.75, 3.05) is 7.11 Å². The van der Waals surface area contributed by atoms with E-state index in [0.717, 1.165) is 28.1 Å². The fourth-order valence-electron chi connectivity index (χ4n) is 2.12. The van der Waals surface area contributed by atoms with Crippen molar-refractivity contribution < 1.29 is 4.74 Å². The molecule has 0 aliphatic carbocycles. The zero-order chi connectivity index (χ0) is 13.8. The Hall–Kier alpha value is -1.91. The number of nitrogens with zero attached hydrogens (tertiary/aromatic N) is 1. The molecule has 0 spiro atoms. The maximum Gasteiger partial charge on any atom is 0.121 e. The van der Waals surface area contributed by atoms with Crippen LogP contribution in [0.1, 0.15) is 28.4 Å². The summed E-state index contributed by atoms with van der Waals surface area (Å²) in [5, 5.41) is 0. The predicted octanol–water partition coefficient (Wildman–Crippen LogP) is 2.26. The molecule has 0 radical (unpaired) electrons. The van der Waals surface area contributed by atoms with E-state index < -0.39 is 0 Å². The van der Waals surface area contributed by atoms with E-state index in [1.807, 2.05) is 44.3 Å². The zero-order valence-corrected chi connectivity index (χ0v) is 11.5. The van der Waals surface area contributed by atoms with Crippen LogP contribution in [-0.4, -0.2) is 12.1 Å². The number of nitrogens with one attached hydrogen (secondary N) is 1. The van der Waals surface area contributed by atoms with Crippen LogP contribution >= 0.6 is 0 Å². The summed E-state index contributed by atoms with van der Waals surface area (Å²) in [5.74, 6) is 6.56. The average Bonchev–Trinajstić information content (AvgIpc) is 2.42. The average molecular weight is 257 g/mol. The summed E-state index contributed by atoms with van der Waals surface area (Å²) in [5.41, 5.74) is 7.04. The van der Waals surface area contributed by atoms with Crippen molar-refractivity contribution in [1.29, 1.82) is 0 Å². The van der Waals surface area contributed by atoms with E-state index in [0.29, 0.717) is 0 Å². The van der Waals surface area contributed by atoms with E-state index in [4.69, 9.17) is 10.6 Å². The molecule has 1 aromatic carbocycles. The Kier molecular flexibility index (Phi) is 4.14. The van der Waals surface area contributed by atoms with Crippen LogP contribution in [0.2, 0.25) is 0 Å². The highest BCUT2D eigenvalue weighted by molar-refractivity contribution is 5.40. The Morgan fingerprint density at radius 2 is 1.89 bits per heavy atom. The number of aromatic nitrogens is 1. The van der Waals surface area contributed by atoms with E-state index in [1.165, 1.54) is 0 Å². The maximum absolute atomic E-state index is 5.69. The molecule has 1 atom stereocenters. The first-order valence-corrected chi connectivity index (χ1v) is 6.19. The number of nitrogens with two attached hydrogens (primary N) is 1. The molecule has 100 valence electrons. The van der Waals surface area contributed by atoms with Crippen molar-refractivity contribution >= 4 is 0 Å². The first kappa shape index (κ1) is 13.5. The Bertz CT molecular complexity index is 552. The van der Waals surface area contributed by atoms with Crippen LogP contribution in [0, 0.1) is 13.8 Å². The van der Waals surface area contributed by atoms with Crippen molar-refractivity contribution in [3.8, 4) is 5.75 Å². The second kappa shape index (κ2) is 5.82. The van der Waals surface area contributed by atoms with Gasteiger partial charge in [0.1, 0.15) is 5.75 Å². The number of hydrazine groups is 1. The van der Waals surface area contributed by atoms with Crippen LogP contribution in [0.3, 0.4) is 0 Å². The lowest BCUT2D eigenvalue weighted by Crippen LogP contribution is -2.29. The SMILES string of the molecule is COc1ccc(C(NN)c2ccc(C)nc2)cc1C. The summed E-state index contributed by atoms with van der Waals surface area (Å²) in [4.78, 5) is 4.31. The topological polar surface area (TPSA) is 60.2 Å². The summed E-state index contributed by atoms with van der Waals surface area (Å²) >= 11 is 0. The summed E-state index contributed by atoms with van der Waals surface area (Å²) in [6, 6.07) is 9.98. The van der Waals surface area contributed by atoms with Crippen LogP contribution in [0.15, 0.2) is 36.5 Å². The van der Waals surface area contributed by atoms with Gasteiger partial charge in [0.05, 0.1) is 13.2 Å². The molecule has 0 saturated carbocycles. The number of ether oxygens (including phenoxy) is 1. The lowest BCUT2D eigenvalue weighted by molar-refractivity contribution is 0.411. The van der Waals surface area contributed by atoms with Gasteiger partial charge in [-0.3, -0.25) is 10.8 Å². The van der Waals surface area contributed by atoms with Crippen LogP contribution in [0.5, 0.6) is 5.75 Å². The Morgan fingerprint density at radius 3 is 2.42 bits per heavy atom. The molecule has 0 aliphatic rings. The van der Waals surface area contributed by atoms with Crippen molar-refractivity contribution in [3.63, 3.8) is 0 Å². The molecule has 4 heteroatoms. The minimum atomic E-state index is -0.0716. The molecule has 0 amide bonds. The van der Waals surface area contributed by atoms with Crippen molar-refractivity contribution in [2.45, 2.75) is 19.9 Å². The number of aryl methyl sites for hydroxylation is 2. The van der Waals surface area contributed by atoms with Crippen molar-refractivity contribution in [3.05, 3.63) is 58.9 Å². The molecule has 0 fully saturated rings. The molecular weight excluding hydrogens is 238 g/mol. The van der Waals surface area contributed by atoms with Gasteiger partial charge in [-0.25, -0.2) is 5.43 Å². The van der Waals surface area contributed by atoms with Crippen molar-refractivity contribution in [1.82, 2.24) is 10.4 Å². The fourth-order valence-corrected chi connectivity index (χ4v) is 2.12. The van der Waals surface area contributed by atoms with Crippen LogP contribution in [-0.2, 0) is 0 Å². The van der Waals surface area contributed by atoms with Crippen LogP contribution in [0.25, 0.3) is 0 Å². The van der Waals surface area contributed by atoms with Crippen LogP contribution < -0.4 is 16.0 Å². The third kappa shape index (κ3) is 2.92. The number of hydrogen-bond acceptors (Lipinski definition) is 4. The maximum atomic E-state index is 5.69. The number of methoxy groups -OCH3 is 1. The van der Waals surface area contributed by atoms with Crippen molar-refractivity contribution in [2.24, 2.45) is 5.84 Å². The van der Waals surface area contributed by atoms with Crippen LogP contribution in [0.4, 0.5) is 0 Å². The van der Waals surface area contributed by atoms with Gasteiger partial charge in [0.2, 0.25) is 0 Å². The van der Waals surface area contributed by atoms with Gasteiger partial charge < -0.3 is 4.74 Å². The molecular formula is C15H19N3O. The van der Waals surface area contributed by atoms with Gasteiger partial charge in [-0.15, -0.1) is 0 Å². The zero-order valence-electron chi connectivity index (χ0n) is 11.5. The molecule has 2 aromatic rings. The number of pyridine rings is 1. The van der Waals surface area contributed by atoms with Gasteiger partial charge in [0.25, 0.3) is 0 Å². The minimum absolute atomic E-state index is 0.0716. The van der Waals surface area contributed by atoms with E-state index in [1.54, 1.807) is 7.11 Å². The van der Waals surface area contributed by atoms with E-state index in [9.17, 15) is 0 Å². The van der Waals surface area contributed by atoms with Gasteiger partial charge in [-0.2, -0.15) is 0 Å². The molecule has 0 aliphatic heterocycles. The second-order valence-electron chi connectivity index (χ2n) is 4.56. The minimum Gasteiger partial charge on any atom is -0.496 e. The fraction of sp³-hybridized carbons (Fsp3) is 0.267. The lowest BCUT2D eigenvalue weighted by atomic mass is 9.98. The Labute approximate surface area is 113 Å². The summed E-state index contributed by atoms with van der Waals surface area (Å²) in [7, 11) is 1.67. The van der Waals surface area contributed by atoms with Gasteiger partial charge in [0.15, 0.2) is 0 Å². The Balaban J connectivity index is 2.36. The van der Waals surface area contributed by atoms with Gasteiger partial charge in [0, 0.05) is 11.9 Å². The molecule has 0 bridgehead atoms. The highest BCUT2D eigenvalue weighted by Crippen LogP contribution is 2.26. The molecule has 1 aromatic heterocycles. The lowest BCUT2D eigenvalue weighted by Gasteiger charge is -2.18. The molecule has 3 N–H and O–H groups in total. The largest absolute Gasteiger partial charge is 0.496 e. The number of benzene rings is 1. The molecule has 0 saturated heterocycles.